The monoisotopic (exact) mass is 366 g/mol. The predicted molar refractivity (Wildman–Crippen MR) is 88.5 cm³/mol. The van der Waals surface area contributed by atoms with Crippen molar-refractivity contribution in [1.29, 1.82) is 0 Å². The number of aryl methyl sites for hydroxylation is 2. The Kier molecular flexibility index (Phi) is 4.34. The topological polar surface area (TPSA) is 59.8 Å². The summed E-state index contributed by atoms with van der Waals surface area (Å²) in [6.45, 7) is 1.82. The van der Waals surface area contributed by atoms with Crippen LogP contribution in [-0.4, -0.2) is 20.7 Å². The summed E-state index contributed by atoms with van der Waals surface area (Å²) in [5, 5.41) is 6.44. The third-order valence-corrected chi connectivity index (χ3v) is 4.47. The quantitative estimate of drug-likeness (QED) is 0.758. The van der Waals surface area contributed by atoms with E-state index in [-0.39, 0.29) is 11.6 Å². The molecule has 1 N–H and O–H groups in total. The predicted octanol–water partition coefficient (Wildman–Crippen LogP) is 4.12. The summed E-state index contributed by atoms with van der Waals surface area (Å²) < 4.78 is 39.4. The number of anilines is 1. The number of halogens is 3. The lowest BCUT2D eigenvalue weighted by atomic mass is 10.1. The summed E-state index contributed by atoms with van der Waals surface area (Å²) >= 11 is 1.08. The van der Waals surface area contributed by atoms with Crippen molar-refractivity contribution >= 4 is 22.4 Å². The fourth-order valence-electron chi connectivity index (χ4n) is 2.28. The van der Waals surface area contributed by atoms with Crippen LogP contribution >= 0.6 is 11.3 Å². The number of rotatable bonds is 3. The molecule has 0 radical (unpaired) electrons. The van der Waals surface area contributed by atoms with E-state index in [1.165, 1.54) is 13.2 Å². The first-order valence-electron chi connectivity index (χ1n) is 7.20. The Morgan fingerprint density at radius 1 is 1.28 bits per heavy atom. The number of carbonyl (C=O) groups excluding carboxylic acids is 1. The Balaban J connectivity index is 1.83. The maximum absolute atomic E-state index is 12.8. The van der Waals surface area contributed by atoms with Gasteiger partial charge in [0.15, 0.2) is 10.8 Å². The van der Waals surface area contributed by atoms with Crippen molar-refractivity contribution in [1.82, 2.24) is 14.8 Å². The van der Waals surface area contributed by atoms with Crippen LogP contribution in [0.5, 0.6) is 0 Å². The second-order valence-corrected chi connectivity index (χ2v) is 6.37. The van der Waals surface area contributed by atoms with Gasteiger partial charge in [-0.3, -0.25) is 14.8 Å². The van der Waals surface area contributed by atoms with E-state index in [4.69, 9.17) is 0 Å². The molecule has 5 nitrogen and oxygen atoms in total. The van der Waals surface area contributed by atoms with E-state index in [1.807, 2.05) is 19.1 Å². The Hall–Kier alpha value is -2.68. The van der Waals surface area contributed by atoms with Crippen LogP contribution in [0.25, 0.3) is 10.6 Å². The molecule has 3 rings (SSSR count). The number of aromatic nitrogens is 3. The molecule has 0 saturated carbocycles. The normalized spacial score (nSPS) is 11.6. The number of carbonyl (C=O) groups is 1. The Morgan fingerprint density at radius 2 is 2.00 bits per heavy atom. The lowest BCUT2D eigenvalue weighted by Gasteiger charge is -2.04. The molecule has 25 heavy (non-hydrogen) atoms. The van der Waals surface area contributed by atoms with Crippen LogP contribution in [0.2, 0.25) is 0 Å². The van der Waals surface area contributed by atoms with E-state index in [1.54, 1.807) is 12.1 Å². The van der Waals surface area contributed by atoms with Gasteiger partial charge in [-0.05, 0) is 24.6 Å². The van der Waals surface area contributed by atoms with Crippen LogP contribution in [0, 0.1) is 6.92 Å². The van der Waals surface area contributed by atoms with Crippen molar-refractivity contribution < 1.29 is 18.0 Å². The first-order chi connectivity index (χ1) is 11.8. The average Bonchev–Trinajstić information content (AvgIpc) is 3.13. The first kappa shape index (κ1) is 17.2. The summed E-state index contributed by atoms with van der Waals surface area (Å²) in [5.74, 6) is -0.319. The van der Waals surface area contributed by atoms with Crippen molar-refractivity contribution in [2.24, 2.45) is 7.05 Å². The van der Waals surface area contributed by atoms with E-state index >= 15 is 0 Å². The standard InChI is InChI=1S/C16H13F3N4OS/c1-9-5-3-4-6-10(9)14(24)21-15-20-8-12(25-15)11-7-13(16(17,18)19)22-23(11)2/h3-8H,1-2H3,(H,20,21,24). The molecule has 0 fully saturated rings. The molecule has 3 aromatic rings. The number of hydrogen-bond donors (Lipinski definition) is 1. The minimum atomic E-state index is -4.51. The van der Waals surface area contributed by atoms with Gasteiger partial charge in [0.05, 0.1) is 10.6 Å². The van der Waals surface area contributed by atoms with Gasteiger partial charge in [0.25, 0.3) is 5.91 Å². The lowest BCUT2D eigenvalue weighted by Crippen LogP contribution is -2.12. The van der Waals surface area contributed by atoms with Gasteiger partial charge >= 0.3 is 6.18 Å². The van der Waals surface area contributed by atoms with Crippen LogP contribution in [0.15, 0.2) is 36.5 Å². The largest absolute Gasteiger partial charge is 0.435 e. The zero-order valence-corrected chi connectivity index (χ0v) is 14.1. The van der Waals surface area contributed by atoms with Gasteiger partial charge in [0, 0.05) is 18.8 Å². The minimum Gasteiger partial charge on any atom is -0.298 e. The Labute approximate surface area is 145 Å². The molecule has 0 atom stereocenters. The summed E-state index contributed by atoms with van der Waals surface area (Å²) in [5.41, 5.74) is 0.641. The van der Waals surface area contributed by atoms with Gasteiger partial charge in [-0.25, -0.2) is 4.98 Å². The summed E-state index contributed by atoms with van der Waals surface area (Å²) in [6.07, 6.45) is -3.10. The molecular formula is C16H13F3N4OS. The van der Waals surface area contributed by atoms with Crippen LogP contribution < -0.4 is 5.32 Å². The molecule has 0 bridgehead atoms. The van der Waals surface area contributed by atoms with Crippen molar-refractivity contribution in [2.45, 2.75) is 13.1 Å². The van der Waals surface area contributed by atoms with Crippen molar-refractivity contribution in [3.8, 4) is 10.6 Å². The van der Waals surface area contributed by atoms with E-state index in [2.05, 4.69) is 15.4 Å². The van der Waals surface area contributed by atoms with E-state index in [0.717, 1.165) is 27.6 Å². The molecule has 0 spiro atoms. The highest BCUT2D eigenvalue weighted by molar-refractivity contribution is 7.19. The first-order valence-corrected chi connectivity index (χ1v) is 8.02. The Morgan fingerprint density at radius 3 is 2.64 bits per heavy atom. The maximum atomic E-state index is 12.8. The Bertz CT molecular complexity index is 930. The fraction of sp³-hybridized carbons (Fsp3) is 0.188. The van der Waals surface area contributed by atoms with Gasteiger partial charge in [-0.15, -0.1) is 0 Å². The number of nitrogens with zero attached hydrogens (tertiary/aromatic N) is 3. The van der Waals surface area contributed by atoms with Crippen molar-refractivity contribution in [3.05, 3.63) is 53.3 Å². The fourth-order valence-corrected chi connectivity index (χ4v) is 3.14. The van der Waals surface area contributed by atoms with Crippen LogP contribution in [0.1, 0.15) is 21.6 Å². The highest BCUT2D eigenvalue weighted by Gasteiger charge is 2.34. The number of nitrogens with one attached hydrogen (secondary N) is 1. The molecular weight excluding hydrogens is 353 g/mol. The van der Waals surface area contributed by atoms with Gasteiger partial charge in [0.2, 0.25) is 0 Å². The second kappa shape index (κ2) is 6.32. The molecule has 2 heterocycles. The molecule has 1 amide bonds. The summed E-state index contributed by atoms with van der Waals surface area (Å²) in [7, 11) is 1.43. The summed E-state index contributed by atoms with van der Waals surface area (Å²) in [4.78, 5) is 16.8. The van der Waals surface area contributed by atoms with Crippen LogP contribution in [0.3, 0.4) is 0 Å². The van der Waals surface area contributed by atoms with Crippen molar-refractivity contribution in [2.75, 3.05) is 5.32 Å². The molecule has 0 aliphatic heterocycles. The lowest BCUT2D eigenvalue weighted by molar-refractivity contribution is -0.141. The molecule has 1 aromatic carbocycles. The minimum absolute atomic E-state index is 0.279. The van der Waals surface area contributed by atoms with Gasteiger partial charge < -0.3 is 0 Å². The summed E-state index contributed by atoms with van der Waals surface area (Å²) in [6, 6.07) is 8.05. The molecule has 9 heteroatoms. The highest BCUT2D eigenvalue weighted by Crippen LogP contribution is 2.34. The number of thiazole rings is 1. The van der Waals surface area contributed by atoms with Crippen LogP contribution in [-0.2, 0) is 13.2 Å². The zero-order valence-electron chi connectivity index (χ0n) is 13.3. The number of hydrogen-bond acceptors (Lipinski definition) is 4. The van der Waals surface area contributed by atoms with E-state index in [9.17, 15) is 18.0 Å². The average molecular weight is 366 g/mol. The van der Waals surface area contributed by atoms with Crippen molar-refractivity contribution in [3.63, 3.8) is 0 Å². The zero-order chi connectivity index (χ0) is 18.2. The molecule has 0 aliphatic carbocycles. The second-order valence-electron chi connectivity index (χ2n) is 5.33. The number of amides is 1. The smallest absolute Gasteiger partial charge is 0.298 e. The van der Waals surface area contributed by atoms with Crippen LogP contribution in [0.4, 0.5) is 18.3 Å². The maximum Gasteiger partial charge on any atom is 0.435 e. The molecule has 0 aliphatic rings. The number of benzene rings is 1. The van der Waals surface area contributed by atoms with Gasteiger partial charge in [0.1, 0.15) is 0 Å². The van der Waals surface area contributed by atoms with Gasteiger partial charge in [-0.2, -0.15) is 18.3 Å². The third kappa shape index (κ3) is 3.55. The van der Waals surface area contributed by atoms with E-state index < -0.39 is 11.9 Å². The molecule has 0 saturated heterocycles. The molecule has 2 aromatic heterocycles. The number of alkyl halides is 3. The molecule has 130 valence electrons. The molecule has 0 unspecified atom stereocenters. The SMILES string of the molecule is Cc1ccccc1C(=O)Nc1ncc(-c2cc(C(F)(F)F)nn2C)s1. The highest BCUT2D eigenvalue weighted by atomic mass is 32.1. The third-order valence-electron chi connectivity index (χ3n) is 3.54. The van der Waals surface area contributed by atoms with E-state index in [0.29, 0.717) is 15.6 Å². The van der Waals surface area contributed by atoms with Gasteiger partial charge in [-0.1, -0.05) is 29.5 Å².